The number of rotatable bonds is 3. The van der Waals surface area contributed by atoms with Crippen molar-refractivity contribution >= 4 is 7.12 Å². The van der Waals surface area contributed by atoms with Crippen molar-refractivity contribution in [2.45, 2.75) is 57.1 Å². The Morgan fingerprint density at radius 3 is 2.80 bits per heavy atom. The minimum atomic E-state index is -0.227. The third kappa shape index (κ3) is 2.06. The molecule has 2 N–H and O–H groups in total. The van der Waals surface area contributed by atoms with Crippen LogP contribution in [0.3, 0.4) is 0 Å². The van der Waals surface area contributed by atoms with Crippen LogP contribution in [0.5, 0.6) is 5.75 Å². The van der Waals surface area contributed by atoms with Crippen molar-refractivity contribution in [2.24, 2.45) is 23.0 Å². The summed E-state index contributed by atoms with van der Waals surface area (Å²) in [5, 5.41) is 0. The molecule has 5 aliphatic rings. The second kappa shape index (κ2) is 5.24. The van der Waals surface area contributed by atoms with Gasteiger partial charge in [0.25, 0.3) is 0 Å². The molecular formula is C20H28BNO3. The molecule has 1 aromatic carbocycles. The predicted octanol–water partition coefficient (Wildman–Crippen LogP) is 3.22. The monoisotopic (exact) mass is 341 g/mol. The number of hydrogen-bond donors (Lipinski definition) is 1. The fourth-order valence-electron chi connectivity index (χ4n) is 6.09. The lowest BCUT2D eigenvalue weighted by atomic mass is 9.43. The molecule has 2 unspecified atom stereocenters. The molecule has 0 aromatic heterocycles. The first-order chi connectivity index (χ1) is 11.9. The summed E-state index contributed by atoms with van der Waals surface area (Å²) in [6, 6.07) is 8.28. The van der Waals surface area contributed by atoms with Crippen LogP contribution >= 0.6 is 0 Å². The lowest BCUT2D eigenvalue weighted by Gasteiger charge is -2.64. The maximum absolute atomic E-state index is 6.66. The molecule has 0 radical (unpaired) electrons. The Morgan fingerprint density at radius 2 is 2.04 bits per heavy atom. The Balaban J connectivity index is 1.41. The quantitative estimate of drug-likeness (QED) is 0.858. The van der Waals surface area contributed by atoms with Crippen LogP contribution in [-0.2, 0) is 9.31 Å². The molecule has 0 amide bonds. The molecule has 25 heavy (non-hydrogen) atoms. The Hall–Kier alpha value is -1.04. The fourth-order valence-corrected chi connectivity index (χ4v) is 6.09. The minimum Gasteiger partial charge on any atom is -0.493 e. The van der Waals surface area contributed by atoms with Gasteiger partial charge in [0, 0.05) is 17.3 Å². The first kappa shape index (κ1) is 16.2. The third-order valence-electron chi connectivity index (χ3n) is 7.84. The van der Waals surface area contributed by atoms with Gasteiger partial charge in [0.1, 0.15) is 5.75 Å². The molecule has 0 spiro atoms. The predicted molar refractivity (Wildman–Crippen MR) is 97.6 cm³/mol. The number of fused-ring (bicyclic) bond motifs is 1. The van der Waals surface area contributed by atoms with E-state index in [-0.39, 0.29) is 30.6 Å². The van der Waals surface area contributed by atoms with Gasteiger partial charge in [-0.1, -0.05) is 32.0 Å². The van der Waals surface area contributed by atoms with E-state index in [1.807, 2.05) is 12.1 Å². The molecule has 5 heteroatoms. The van der Waals surface area contributed by atoms with E-state index in [2.05, 4.69) is 32.9 Å². The molecule has 2 heterocycles. The molecule has 3 saturated carbocycles. The third-order valence-corrected chi connectivity index (χ3v) is 7.84. The topological polar surface area (TPSA) is 53.7 Å². The van der Waals surface area contributed by atoms with Crippen LogP contribution in [0.4, 0.5) is 0 Å². The highest BCUT2D eigenvalue weighted by molar-refractivity contribution is 6.47. The lowest BCUT2D eigenvalue weighted by Crippen LogP contribution is -2.65. The van der Waals surface area contributed by atoms with Gasteiger partial charge in [-0.05, 0) is 49.6 Å². The Morgan fingerprint density at radius 1 is 1.24 bits per heavy atom. The molecule has 4 nitrogen and oxygen atoms in total. The highest BCUT2D eigenvalue weighted by Gasteiger charge is 2.68. The van der Waals surface area contributed by atoms with Crippen LogP contribution < -0.4 is 10.5 Å². The van der Waals surface area contributed by atoms with Gasteiger partial charge in [0.05, 0.1) is 18.3 Å². The van der Waals surface area contributed by atoms with Crippen molar-refractivity contribution < 1.29 is 14.0 Å². The largest absolute Gasteiger partial charge is 0.493 e. The van der Waals surface area contributed by atoms with Gasteiger partial charge in [-0.2, -0.15) is 0 Å². The van der Waals surface area contributed by atoms with E-state index in [1.165, 1.54) is 12.0 Å². The maximum Gasteiger partial charge on any atom is 0.463 e. The summed E-state index contributed by atoms with van der Waals surface area (Å²) < 4.78 is 19.0. The van der Waals surface area contributed by atoms with Gasteiger partial charge < -0.3 is 19.8 Å². The molecule has 1 saturated heterocycles. The van der Waals surface area contributed by atoms with Crippen molar-refractivity contribution in [1.29, 1.82) is 0 Å². The lowest BCUT2D eigenvalue weighted by molar-refractivity contribution is -0.199. The fraction of sp³-hybridized carbons (Fsp3) is 0.700. The molecule has 134 valence electrons. The normalized spacial score (nSPS) is 41.5. The Labute approximate surface area is 150 Å². The zero-order chi connectivity index (χ0) is 17.4. The van der Waals surface area contributed by atoms with Crippen molar-refractivity contribution in [3.8, 4) is 5.75 Å². The summed E-state index contributed by atoms with van der Waals surface area (Å²) in [6.45, 7) is 8.28. The molecule has 1 aromatic rings. The van der Waals surface area contributed by atoms with Gasteiger partial charge in [-0.15, -0.1) is 0 Å². The van der Waals surface area contributed by atoms with Crippen molar-refractivity contribution in [3.63, 3.8) is 0 Å². The van der Waals surface area contributed by atoms with Crippen LogP contribution in [-0.4, -0.2) is 32.0 Å². The maximum atomic E-state index is 6.66. The van der Waals surface area contributed by atoms with E-state index in [4.69, 9.17) is 19.8 Å². The van der Waals surface area contributed by atoms with E-state index < -0.39 is 0 Å². The van der Waals surface area contributed by atoms with E-state index in [0.29, 0.717) is 24.5 Å². The van der Waals surface area contributed by atoms with Crippen LogP contribution in [0.2, 0.25) is 5.82 Å². The summed E-state index contributed by atoms with van der Waals surface area (Å²) in [4.78, 5) is 0. The van der Waals surface area contributed by atoms with Crippen LogP contribution in [0.15, 0.2) is 24.3 Å². The second-order valence-corrected chi connectivity index (χ2v) is 9.19. The van der Waals surface area contributed by atoms with Crippen molar-refractivity contribution in [2.75, 3.05) is 13.2 Å². The first-order valence-electron chi connectivity index (χ1n) is 9.70. The van der Waals surface area contributed by atoms with Gasteiger partial charge in [0.15, 0.2) is 0 Å². The molecule has 3 aliphatic carbocycles. The SMILES string of the molecule is CC1(C)[C@@H]2C[C@H]3OB(C(CN)C4COc5ccccc54)O[C@@]3(C)[C@H]1C2. The summed E-state index contributed by atoms with van der Waals surface area (Å²) >= 11 is 0. The highest BCUT2D eigenvalue weighted by Crippen LogP contribution is 2.66. The average Bonchev–Trinajstić information content (AvgIpc) is 3.16. The van der Waals surface area contributed by atoms with Gasteiger partial charge in [-0.25, -0.2) is 0 Å². The molecule has 6 atom stereocenters. The highest BCUT2D eigenvalue weighted by atomic mass is 16.7. The minimum absolute atomic E-state index is 0.131. The zero-order valence-electron chi connectivity index (χ0n) is 15.4. The van der Waals surface area contributed by atoms with Crippen molar-refractivity contribution in [3.05, 3.63) is 29.8 Å². The second-order valence-electron chi connectivity index (χ2n) is 9.19. The van der Waals surface area contributed by atoms with Crippen LogP contribution in [0.1, 0.15) is 45.1 Å². The number of para-hydroxylation sites is 1. The smallest absolute Gasteiger partial charge is 0.463 e. The molecule has 4 fully saturated rings. The first-order valence-corrected chi connectivity index (χ1v) is 9.70. The van der Waals surface area contributed by atoms with Gasteiger partial charge in [-0.3, -0.25) is 0 Å². The van der Waals surface area contributed by atoms with Gasteiger partial charge >= 0.3 is 7.12 Å². The van der Waals surface area contributed by atoms with E-state index in [9.17, 15) is 0 Å². The average molecular weight is 341 g/mol. The van der Waals surface area contributed by atoms with E-state index in [0.717, 1.165) is 18.1 Å². The van der Waals surface area contributed by atoms with E-state index in [1.54, 1.807) is 0 Å². The summed E-state index contributed by atoms with van der Waals surface area (Å²) in [6.07, 6.45) is 2.60. The van der Waals surface area contributed by atoms with Crippen molar-refractivity contribution in [1.82, 2.24) is 0 Å². The molecule has 6 rings (SSSR count). The zero-order valence-corrected chi connectivity index (χ0v) is 15.4. The Kier molecular flexibility index (Phi) is 3.39. The number of nitrogens with two attached hydrogens (primary N) is 1. The summed E-state index contributed by atoms with van der Waals surface area (Å²) in [5.41, 5.74) is 7.64. The standard InChI is InChI=1S/C20H28BNO3/c1-19(2)12-8-17(19)20(3)18(9-12)24-21(25-20)15(10-22)14-11-23-16-7-5-4-6-13(14)16/h4-7,12,14-15,17-18H,8-11,22H2,1-3H3/t12-,14?,15?,17-,18+,20-/m0/s1. The summed E-state index contributed by atoms with van der Waals surface area (Å²) in [7, 11) is -0.227. The number of ether oxygens (including phenoxy) is 1. The van der Waals surface area contributed by atoms with Crippen LogP contribution in [0, 0.1) is 17.3 Å². The molecular weight excluding hydrogens is 313 g/mol. The Bertz CT molecular complexity index is 695. The molecule has 2 bridgehead atoms. The molecule has 2 aliphatic heterocycles. The number of benzene rings is 1. The van der Waals surface area contributed by atoms with Gasteiger partial charge in [0.2, 0.25) is 0 Å². The van der Waals surface area contributed by atoms with Crippen LogP contribution in [0.25, 0.3) is 0 Å². The van der Waals surface area contributed by atoms with E-state index >= 15 is 0 Å². The number of hydrogen-bond acceptors (Lipinski definition) is 4. The summed E-state index contributed by atoms with van der Waals surface area (Å²) in [5.74, 6) is 2.71.